The first kappa shape index (κ1) is 22.5. The molecular formula is C37H26N4. The number of para-hydroxylation sites is 4. The molecule has 0 aliphatic carbocycles. The SMILES string of the molecule is CCc1nc2ccc(-n3c4ccccc4c4c5ccccc5ccc43)c3c2n1-c1ccccc1N3c1ccccc1. The minimum Gasteiger partial charge on any atom is -0.307 e. The van der Waals surface area contributed by atoms with Gasteiger partial charge in [0.15, 0.2) is 0 Å². The average molecular weight is 527 g/mol. The highest BCUT2D eigenvalue weighted by Crippen LogP contribution is 2.51. The van der Waals surface area contributed by atoms with E-state index < -0.39 is 0 Å². The van der Waals surface area contributed by atoms with Crippen LogP contribution in [0.15, 0.2) is 127 Å². The highest BCUT2D eigenvalue weighted by Gasteiger charge is 2.32. The largest absolute Gasteiger partial charge is 0.307 e. The number of benzene rings is 6. The molecule has 194 valence electrons. The van der Waals surface area contributed by atoms with Crippen LogP contribution in [0.2, 0.25) is 0 Å². The van der Waals surface area contributed by atoms with Crippen molar-refractivity contribution in [2.45, 2.75) is 13.3 Å². The Kier molecular flexibility index (Phi) is 4.56. The number of hydrogen-bond donors (Lipinski definition) is 0. The maximum Gasteiger partial charge on any atom is 0.114 e. The number of rotatable bonds is 3. The topological polar surface area (TPSA) is 26.0 Å². The predicted octanol–water partition coefficient (Wildman–Crippen LogP) is 9.62. The van der Waals surface area contributed by atoms with Crippen LogP contribution in [-0.4, -0.2) is 14.1 Å². The second kappa shape index (κ2) is 8.33. The Morgan fingerprint density at radius 3 is 2.15 bits per heavy atom. The highest BCUT2D eigenvalue weighted by molar-refractivity contribution is 6.22. The summed E-state index contributed by atoms with van der Waals surface area (Å²) in [5.41, 5.74) is 10.3. The molecule has 0 unspecified atom stereocenters. The van der Waals surface area contributed by atoms with Crippen LogP contribution < -0.4 is 4.90 Å². The van der Waals surface area contributed by atoms with Gasteiger partial charge in [-0.15, -0.1) is 0 Å². The molecule has 6 aromatic carbocycles. The molecule has 9 rings (SSSR count). The smallest absolute Gasteiger partial charge is 0.114 e. The van der Waals surface area contributed by atoms with Gasteiger partial charge in [-0.05, 0) is 59.3 Å². The monoisotopic (exact) mass is 526 g/mol. The predicted molar refractivity (Wildman–Crippen MR) is 171 cm³/mol. The van der Waals surface area contributed by atoms with Crippen molar-refractivity contribution in [3.63, 3.8) is 0 Å². The van der Waals surface area contributed by atoms with E-state index in [0.717, 1.165) is 51.7 Å². The van der Waals surface area contributed by atoms with Gasteiger partial charge in [0, 0.05) is 22.9 Å². The Morgan fingerprint density at radius 2 is 1.29 bits per heavy atom. The van der Waals surface area contributed by atoms with E-state index in [0.29, 0.717) is 0 Å². The van der Waals surface area contributed by atoms with Gasteiger partial charge in [0.25, 0.3) is 0 Å². The van der Waals surface area contributed by atoms with Gasteiger partial charge >= 0.3 is 0 Å². The van der Waals surface area contributed by atoms with Crippen LogP contribution in [-0.2, 0) is 6.42 Å². The molecule has 0 fully saturated rings. The van der Waals surface area contributed by atoms with Gasteiger partial charge in [0.2, 0.25) is 0 Å². The first-order valence-corrected chi connectivity index (χ1v) is 14.2. The van der Waals surface area contributed by atoms with Crippen molar-refractivity contribution in [2.24, 2.45) is 0 Å². The zero-order chi connectivity index (χ0) is 27.1. The summed E-state index contributed by atoms with van der Waals surface area (Å²) in [4.78, 5) is 7.57. The van der Waals surface area contributed by atoms with Gasteiger partial charge in [-0.25, -0.2) is 4.98 Å². The van der Waals surface area contributed by atoms with Crippen LogP contribution in [0.5, 0.6) is 0 Å². The summed E-state index contributed by atoms with van der Waals surface area (Å²) in [7, 11) is 0. The summed E-state index contributed by atoms with van der Waals surface area (Å²) < 4.78 is 4.84. The lowest BCUT2D eigenvalue weighted by molar-refractivity contribution is 0.899. The summed E-state index contributed by atoms with van der Waals surface area (Å²) in [6, 6.07) is 45.9. The zero-order valence-corrected chi connectivity index (χ0v) is 22.6. The fourth-order valence-electron chi connectivity index (χ4n) is 6.89. The standard InChI is InChI=1S/C37H26N4/c1-2-34-38-28-21-23-33(37-36(28)41(34)31-19-11-10-18-30(31)39(37)25-13-4-3-5-14-25)40-29-17-9-8-16-27(29)35-26-15-7-6-12-24(26)20-22-32(35)40/h3-23H,2H2,1H3. The van der Waals surface area contributed by atoms with E-state index in [1.165, 1.54) is 32.6 Å². The van der Waals surface area contributed by atoms with Crippen molar-refractivity contribution in [3.8, 4) is 11.4 Å². The molecule has 4 nitrogen and oxygen atoms in total. The van der Waals surface area contributed by atoms with Crippen molar-refractivity contribution in [2.75, 3.05) is 4.90 Å². The fraction of sp³-hybridized carbons (Fsp3) is 0.0541. The third-order valence-corrected chi connectivity index (χ3v) is 8.56. The molecule has 0 amide bonds. The Hall–Kier alpha value is -5.35. The van der Waals surface area contributed by atoms with Gasteiger partial charge in [0.1, 0.15) is 5.82 Å². The van der Waals surface area contributed by atoms with Crippen molar-refractivity contribution in [1.29, 1.82) is 0 Å². The molecule has 0 saturated carbocycles. The van der Waals surface area contributed by atoms with Crippen LogP contribution in [0.1, 0.15) is 12.7 Å². The number of nitrogens with zero attached hydrogens (tertiary/aromatic N) is 4. The van der Waals surface area contributed by atoms with E-state index in [1.54, 1.807) is 0 Å². The van der Waals surface area contributed by atoms with E-state index in [2.05, 4.69) is 148 Å². The van der Waals surface area contributed by atoms with Crippen molar-refractivity contribution >= 4 is 60.7 Å². The quantitative estimate of drug-likeness (QED) is 0.229. The molecule has 1 aliphatic heterocycles. The minimum atomic E-state index is 0.852. The lowest BCUT2D eigenvalue weighted by Crippen LogP contribution is -2.20. The zero-order valence-electron chi connectivity index (χ0n) is 22.6. The molecule has 3 heterocycles. The third kappa shape index (κ3) is 2.96. The first-order valence-electron chi connectivity index (χ1n) is 14.2. The lowest BCUT2D eigenvalue weighted by atomic mass is 10.0. The van der Waals surface area contributed by atoms with Gasteiger partial charge in [-0.2, -0.15) is 0 Å². The summed E-state index contributed by atoms with van der Waals surface area (Å²) in [6.45, 7) is 2.19. The molecule has 0 bridgehead atoms. The molecule has 8 aromatic rings. The molecule has 0 radical (unpaired) electrons. The van der Waals surface area contributed by atoms with Crippen LogP contribution in [0.4, 0.5) is 17.1 Å². The molecule has 4 heteroatoms. The number of imidazole rings is 1. The second-order valence-corrected chi connectivity index (χ2v) is 10.7. The number of aryl methyl sites for hydroxylation is 1. The van der Waals surface area contributed by atoms with E-state index in [9.17, 15) is 0 Å². The Labute approximate surface area is 237 Å². The van der Waals surface area contributed by atoms with E-state index in [1.807, 2.05) is 0 Å². The van der Waals surface area contributed by atoms with E-state index in [-0.39, 0.29) is 0 Å². The lowest BCUT2D eigenvalue weighted by Gasteiger charge is -2.34. The van der Waals surface area contributed by atoms with E-state index in [4.69, 9.17) is 4.98 Å². The Balaban J connectivity index is 1.50. The number of fused-ring (bicyclic) bond motifs is 7. The molecule has 0 N–H and O–H groups in total. The number of hydrogen-bond acceptors (Lipinski definition) is 2. The molecule has 41 heavy (non-hydrogen) atoms. The first-order chi connectivity index (χ1) is 20.3. The van der Waals surface area contributed by atoms with Crippen molar-refractivity contribution < 1.29 is 0 Å². The molecule has 2 aromatic heterocycles. The van der Waals surface area contributed by atoms with Gasteiger partial charge in [-0.3, -0.25) is 4.57 Å². The summed E-state index contributed by atoms with van der Waals surface area (Å²) in [5, 5.41) is 5.08. The molecule has 0 spiro atoms. The van der Waals surface area contributed by atoms with Crippen molar-refractivity contribution in [3.05, 3.63) is 133 Å². The van der Waals surface area contributed by atoms with Gasteiger partial charge < -0.3 is 9.47 Å². The van der Waals surface area contributed by atoms with Crippen molar-refractivity contribution in [1.82, 2.24) is 14.1 Å². The number of aromatic nitrogens is 3. The number of anilines is 3. The summed E-state index contributed by atoms with van der Waals surface area (Å²) in [5.74, 6) is 1.08. The summed E-state index contributed by atoms with van der Waals surface area (Å²) >= 11 is 0. The molecule has 1 aliphatic rings. The van der Waals surface area contributed by atoms with Gasteiger partial charge in [0.05, 0.1) is 44.8 Å². The van der Waals surface area contributed by atoms with Crippen LogP contribution in [0, 0.1) is 0 Å². The second-order valence-electron chi connectivity index (χ2n) is 10.7. The van der Waals surface area contributed by atoms with Crippen LogP contribution >= 0.6 is 0 Å². The highest BCUT2D eigenvalue weighted by atomic mass is 15.3. The Morgan fingerprint density at radius 1 is 0.561 bits per heavy atom. The molecular weight excluding hydrogens is 500 g/mol. The third-order valence-electron chi connectivity index (χ3n) is 8.56. The summed E-state index contributed by atoms with van der Waals surface area (Å²) in [6.07, 6.45) is 0.852. The maximum absolute atomic E-state index is 5.14. The molecule has 0 atom stereocenters. The Bertz CT molecular complexity index is 2310. The van der Waals surface area contributed by atoms with Crippen LogP contribution in [0.3, 0.4) is 0 Å². The average Bonchev–Trinajstić information content (AvgIpc) is 3.59. The van der Waals surface area contributed by atoms with Crippen LogP contribution in [0.25, 0.3) is 55.0 Å². The van der Waals surface area contributed by atoms with Gasteiger partial charge in [-0.1, -0.05) is 85.8 Å². The fourth-order valence-corrected chi connectivity index (χ4v) is 6.89. The normalized spacial score (nSPS) is 12.6. The van der Waals surface area contributed by atoms with E-state index >= 15 is 0 Å². The minimum absolute atomic E-state index is 0.852. The maximum atomic E-state index is 5.14. The molecule has 0 saturated heterocycles.